The van der Waals surface area contributed by atoms with Gasteiger partial charge in [-0.15, -0.1) is 0 Å². The van der Waals surface area contributed by atoms with Crippen molar-refractivity contribution in [2.45, 2.75) is 46.0 Å². The number of hydrogen-bond acceptors (Lipinski definition) is 2. The molecule has 0 aromatic rings. The fourth-order valence-corrected chi connectivity index (χ4v) is 1.52. The lowest BCUT2D eigenvalue weighted by Gasteiger charge is -2.34. The molecule has 2 nitrogen and oxygen atoms in total. The van der Waals surface area contributed by atoms with Gasteiger partial charge in [-0.2, -0.15) is 0 Å². The average Bonchev–Trinajstić information content (AvgIpc) is 2.04. The van der Waals surface area contributed by atoms with Gasteiger partial charge in [0.25, 0.3) is 0 Å². The molecule has 0 amide bonds. The van der Waals surface area contributed by atoms with Crippen LogP contribution in [0.5, 0.6) is 0 Å². The Kier molecular flexibility index (Phi) is 3.60. The van der Waals surface area contributed by atoms with E-state index in [2.05, 4.69) is 27.7 Å². The molecule has 0 aromatic carbocycles. The van der Waals surface area contributed by atoms with Crippen LogP contribution < -0.4 is 0 Å². The number of hydrogen-bond donors (Lipinski definition) is 0. The van der Waals surface area contributed by atoms with Crippen molar-refractivity contribution < 1.29 is 9.31 Å². The highest BCUT2D eigenvalue weighted by atomic mass is 16.6. The Morgan fingerprint density at radius 1 is 1.50 bits per heavy atom. The van der Waals surface area contributed by atoms with Crippen molar-refractivity contribution in [1.82, 2.24) is 0 Å². The molecule has 1 aliphatic heterocycles. The van der Waals surface area contributed by atoms with E-state index in [1.54, 1.807) is 0 Å². The van der Waals surface area contributed by atoms with E-state index in [-0.39, 0.29) is 7.12 Å². The highest BCUT2D eigenvalue weighted by molar-refractivity contribution is 6.46. The summed E-state index contributed by atoms with van der Waals surface area (Å²) in [7, 11) is 0.0165. The van der Waals surface area contributed by atoms with Gasteiger partial charge < -0.3 is 9.31 Å². The molecule has 0 saturated carbocycles. The van der Waals surface area contributed by atoms with Gasteiger partial charge >= 0.3 is 7.12 Å². The molecule has 0 aliphatic carbocycles. The summed E-state index contributed by atoms with van der Waals surface area (Å²) in [6.07, 6.45) is 1.50. The number of rotatable bonds is 2. The average molecular weight is 170 g/mol. The Hall–Kier alpha value is -0.0151. The summed E-state index contributed by atoms with van der Waals surface area (Å²) in [5.74, 6) is 1.05. The molecule has 12 heavy (non-hydrogen) atoms. The second-order valence-electron chi connectivity index (χ2n) is 3.96. The first kappa shape index (κ1) is 10.1. The molecule has 0 radical (unpaired) electrons. The lowest BCUT2D eigenvalue weighted by molar-refractivity contribution is 0.0182. The van der Waals surface area contributed by atoms with Gasteiger partial charge in [0.05, 0.1) is 0 Å². The summed E-state index contributed by atoms with van der Waals surface area (Å²) in [6, 6.07) is 0. The predicted octanol–water partition coefficient (Wildman–Crippen LogP) is 2.35. The van der Waals surface area contributed by atoms with Crippen molar-refractivity contribution in [3.05, 3.63) is 0 Å². The van der Waals surface area contributed by atoms with Gasteiger partial charge in [0.15, 0.2) is 0 Å². The van der Waals surface area contributed by atoms with Crippen LogP contribution in [0.15, 0.2) is 0 Å². The van der Waals surface area contributed by atoms with Gasteiger partial charge in [-0.1, -0.05) is 20.8 Å². The minimum atomic E-state index is 0.0165. The summed E-state index contributed by atoms with van der Waals surface area (Å²) in [6.45, 7) is 9.45. The largest absolute Gasteiger partial charge is 0.459 e. The van der Waals surface area contributed by atoms with Crippen LogP contribution in [0.1, 0.15) is 34.1 Å². The van der Waals surface area contributed by atoms with Gasteiger partial charge in [-0.3, -0.25) is 0 Å². The van der Waals surface area contributed by atoms with Crippen molar-refractivity contribution in [1.29, 1.82) is 0 Å². The lowest BCUT2D eigenvalue weighted by atomic mass is 9.72. The quantitative estimate of drug-likeness (QED) is 0.592. The molecule has 1 saturated heterocycles. The Bertz CT molecular complexity index is 138. The molecule has 0 bridgehead atoms. The van der Waals surface area contributed by atoms with Crippen molar-refractivity contribution >= 4 is 7.12 Å². The summed E-state index contributed by atoms with van der Waals surface area (Å²) < 4.78 is 11.3. The van der Waals surface area contributed by atoms with E-state index in [0.29, 0.717) is 17.8 Å². The first-order chi connectivity index (χ1) is 5.65. The molecule has 1 rings (SSSR count). The van der Waals surface area contributed by atoms with Crippen molar-refractivity contribution in [2.24, 2.45) is 5.92 Å². The Morgan fingerprint density at radius 2 is 2.17 bits per heavy atom. The minimum absolute atomic E-state index is 0.0165. The lowest BCUT2D eigenvalue weighted by Crippen LogP contribution is -2.42. The molecule has 0 unspecified atom stereocenters. The highest BCUT2D eigenvalue weighted by Gasteiger charge is 2.33. The second-order valence-corrected chi connectivity index (χ2v) is 3.96. The van der Waals surface area contributed by atoms with Crippen molar-refractivity contribution in [3.8, 4) is 0 Å². The van der Waals surface area contributed by atoms with Crippen LogP contribution in [-0.4, -0.2) is 19.8 Å². The van der Waals surface area contributed by atoms with Crippen LogP contribution in [0, 0.1) is 5.92 Å². The summed E-state index contributed by atoms with van der Waals surface area (Å²) in [5.41, 5.74) is 0. The fraction of sp³-hybridized carbons (Fsp3) is 1.00. The Morgan fingerprint density at radius 3 is 2.58 bits per heavy atom. The van der Waals surface area contributed by atoms with Gasteiger partial charge in [-0.25, -0.2) is 0 Å². The monoisotopic (exact) mass is 170 g/mol. The SMILES string of the molecule is CC[C@@H]1COB(C(C)C)O[C@@H]1C. The van der Waals surface area contributed by atoms with Crippen molar-refractivity contribution in [2.75, 3.05) is 6.61 Å². The predicted molar refractivity (Wildman–Crippen MR) is 51.1 cm³/mol. The first-order valence-electron chi connectivity index (χ1n) is 4.92. The molecule has 2 atom stereocenters. The van der Waals surface area contributed by atoms with Crippen LogP contribution in [0.4, 0.5) is 0 Å². The van der Waals surface area contributed by atoms with Gasteiger partial charge in [0, 0.05) is 18.6 Å². The van der Waals surface area contributed by atoms with Gasteiger partial charge in [0.1, 0.15) is 0 Å². The molecule has 3 heteroatoms. The van der Waals surface area contributed by atoms with Crippen LogP contribution >= 0.6 is 0 Å². The topological polar surface area (TPSA) is 18.5 Å². The summed E-state index contributed by atoms with van der Waals surface area (Å²) in [5, 5.41) is 0. The van der Waals surface area contributed by atoms with Crippen molar-refractivity contribution in [3.63, 3.8) is 0 Å². The first-order valence-corrected chi connectivity index (χ1v) is 4.92. The summed E-state index contributed by atoms with van der Waals surface area (Å²) >= 11 is 0. The summed E-state index contributed by atoms with van der Waals surface area (Å²) in [4.78, 5) is 0. The minimum Gasteiger partial charge on any atom is -0.411 e. The van der Waals surface area contributed by atoms with E-state index < -0.39 is 0 Å². The molecule has 0 spiro atoms. The van der Waals surface area contributed by atoms with Gasteiger partial charge in [0.2, 0.25) is 0 Å². The maximum atomic E-state index is 5.73. The fourth-order valence-electron chi connectivity index (χ4n) is 1.52. The van der Waals surface area contributed by atoms with E-state index >= 15 is 0 Å². The van der Waals surface area contributed by atoms with E-state index in [1.165, 1.54) is 0 Å². The van der Waals surface area contributed by atoms with E-state index in [1.807, 2.05) is 0 Å². The molecule has 1 fully saturated rings. The van der Waals surface area contributed by atoms with E-state index in [9.17, 15) is 0 Å². The normalized spacial score (nSPS) is 31.2. The van der Waals surface area contributed by atoms with Crippen LogP contribution in [0.25, 0.3) is 0 Å². The molecule has 0 aromatic heterocycles. The maximum Gasteiger partial charge on any atom is 0.459 e. The third-order valence-electron chi connectivity index (χ3n) is 2.56. The Balaban J connectivity index is 2.40. The van der Waals surface area contributed by atoms with Crippen LogP contribution in [-0.2, 0) is 9.31 Å². The third kappa shape index (κ3) is 2.24. The molecule has 0 N–H and O–H groups in total. The second kappa shape index (κ2) is 4.29. The molecule has 1 heterocycles. The van der Waals surface area contributed by atoms with Gasteiger partial charge in [-0.05, 0) is 19.2 Å². The highest BCUT2D eigenvalue weighted by Crippen LogP contribution is 2.24. The zero-order valence-electron chi connectivity index (χ0n) is 8.54. The molecule has 70 valence electrons. The maximum absolute atomic E-state index is 5.73. The standard InChI is InChI=1S/C9H19BO2/c1-5-9-6-11-10(7(2)3)12-8(9)4/h7-9H,5-6H2,1-4H3/t8-,9-/m1/s1. The van der Waals surface area contributed by atoms with Crippen LogP contribution in [0.3, 0.4) is 0 Å². The molecule has 1 aliphatic rings. The van der Waals surface area contributed by atoms with Crippen LogP contribution in [0.2, 0.25) is 5.82 Å². The van der Waals surface area contributed by atoms with E-state index in [4.69, 9.17) is 9.31 Å². The third-order valence-corrected chi connectivity index (χ3v) is 2.56. The zero-order valence-corrected chi connectivity index (χ0v) is 8.54. The molecular weight excluding hydrogens is 151 g/mol. The smallest absolute Gasteiger partial charge is 0.411 e. The molecular formula is C9H19BO2. The van der Waals surface area contributed by atoms with E-state index in [0.717, 1.165) is 13.0 Å². The Labute approximate surface area is 75.8 Å². The zero-order chi connectivity index (χ0) is 9.14.